The third-order valence-electron chi connectivity index (χ3n) is 6.33. The van der Waals surface area contributed by atoms with Crippen LogP contribution < -0.4 is 9.80 Å². The normalized spacial score (nSPS) is 21.6. The molecule has 162 valence electrons. The molecule has 5 nitrogen and oxygen atoms in total. The zero-order valence-electron chi connectivity index (χ0n) is 19.2. The highest BCUT2D eigenvalue weighted by atomic mass is 16.2. The molecule has 0 unspecified atom stereocenters. The molecule has 1 amide bonds. The van der Waals surface area contributed by atoms with Crippen LogP contribution in [-0.2, 0) is 4.79 Å². The fraction of sp³-hybridized carbons (Fsp3) is 0.385. The molecule has 0 aromatic heterocycles. The number of carbonyl (C=O) groups is 1. The van der Waals surface area contributed by atoms with Crippen molar-refractivity contribution in [2.45, 2.75) is 32.2 Å². The minimum atomic E-state index is -0.0245. The summed E-state index contributed by atoms with van der Waals surface area (Å²) in [6.07, 6.45) is 5.42. The third-order valence-corrected chi connectivity index (χ3v) is 6.33. The third kappa shape index (κ3) is 4.22. The summed E-state index contributed by atoms with van der Waals surface area (Å²) in [4.78, 5) is 16.7. The van der Waals surface area contributed by atoms with E-state index in [4.69, 9.17) is 5.10 Å². The number of benzene rings is 2. The van der Waals surface area contributed by atoms with Crippen LogP contribution in [0.1, 0.15) is 43.4 Å². The molecule has 2 aliphatic rings. The lowest BCUT2D eigenvalue weighted by atomic mass is 9.77. The Morgan fingerprint density at radius 3 is 2.10 bits per heavy atom. The first kappa shape index (κ1) is 21.2. The van der Waals surface area contributed by atoms with Crippen LogP contribution in [0.4, 0.5) is 11.4 Å². The molecule has 1 saturated carbocycles. The smallest absolute Gasteiger partial charge is 0.240 e. The van der Waals surface area contributed by atoms with E-state index >= 15 is 0 Å². The van der Waals surface area contributed by atoms with Crippen molar-refractivity contribution in [1.82, 2.24) is 5.01 Å². The molecule has 4 rings (SSSR count). The summed E-state index contributed by atoms with van der Waals surface area (Å²) in [7, 11) is 8.18. The average molecular weight is 417 g/mol. The Labute approximate surface area is 185 Å². The summed E-state index contributed by atoms with van der Waals surface area (Å²) in [6.45, 7) is 1.62. The second-order valence-electron chi connectivity index (χ2n) is 8.93. The zero-order valence-corrected chi connectivity index (χ0v) is 19.2. The van der Waals surface area contributed by atoms with Crippen molar-refractivity contribution in [3.63, 3.8) is 0 Å². The summed E-state index contributed by atoms with van der Waals surface area (Å²) in [5.41, 5.74) is 7.01. The van der Waals surface area contributed by atoms with E-state index in [1.165, 1.54) is 16.8 Å². The van der Waals surface area contributed by atoms with Gasteiger partial charge in [-0.3, -0.25) is 4.79 Å². The number of hydrazone groups is 1. The lowest BCUT2D eigenvalue weighted by Crippen LogP contribution is -2.30. The number of anilines is 2. The van der Waals surface area contributed by atoms with Gasteiger partial charge in [-0.1, -0.05) is 24.3 Å². The average Bonchev–Trinajstić information content (AvgIpc) is 3.15. The maximum Gasteiger partial charge on any atom is 0.240 e. The van der Waals surface area contributed by atoms with E-state index in [1.54, 1.807) is 11.9 Å². The van der Waals surface area contributed by atoms with Gasteiger partial charge in [-0.25, -0.2) is 5.01 Å². The van der Waals surface area contributed by atoms with Crippen LogP contribution >= 0.6 is 0 Å². The quantitative estimate of drug-likeness (QED) is 0.707. The maximum absolute atomic E-state index is 12.5. The van der Waals surface area contributed by atoms with Crippen molar-refractivity contribution in [3.8, 4) is 0 Å². The van der Waals surface area contributed by atoms with Crippen LogP contribution in [0.3, 0.4) is 0 Å². The van der Waals surface area contributed by atoms with Crippen LogP contribution in [-0.4, -0.2) is 44.8 Å². The van der Waals surface area contributed by atoms with Crippen LogP contribution in [0, 0.1) is 5.92 Å². The standard InChI is InChI=1S/C26H32N4O/c1-18(31)30-26(20-11-15-23(16-12-20)29(4)5)24-8-6-7-21(25(24)27-30)17-19-9-13-22(14-10-19)28(2)3/h9-17,24,26H,6-8H2,1-5H3/b21-17+/t24-,26+/m0/s1. The van der Waals surface area contributed by atoms with Crippen molar-refractivity contribution in [3.05, 3.63) is 65.2 Å². The van der Waals surface area contributed by atoms with Gasteiger partial charge in [-0.15, -0.1) is 0 Å². The molecule has 0 radical (unpaired) electrons. The predicted molar refractivity (Wildman–Crippen MR) is 130 cm³/mol. The number of fused-ring (bicyclic) bond motifs is 1. The van der Waals surface area contributed by atoms with Crippen molar-refractivity contribution in [2.75, 3.05) is 38.0 Å². The van der Waals surface area contributed by atoms with Gasteiger partial charge in [0.15, 0.2) is 0 Å². The van der Waals surface area contributed by atoms with Crippen molar-refractivity contribution >= 4 is 29.1 Å². The molecule has 0 bridgehead atoms. The zero-order chi connectivity index (χ0) is 22.1. The van der Waals surface area contributed by atoms with Gasteiger partial charge in [0.2, 0.25) is 5.91 Å². The first-order valence-electron chi connectivity index (χ1n) is 11.0. The Kier molecular flexibility index (Phi) is 5.86. The largest absolute Gasteiger partial charge is 0.378 e. The molecule has 31 heavy (non-hydrogen) atoms. The van der Waals surface area contributed by atoms with Gasteiger partial charge < -0.3 is 9.80 Å². The number of hydrogen-bond donors (Lipinski definition) is 0. The predicted octanol–water partition coefficient (Wildman–Crippen LogP) is 4.96. The second-order valence-corrected chi connectivity index (χ2v) is 8.93. The van der Waals surface area contributed by atoms with Crippen molar-refractivity contribution in [2.24, 2.45) is 11.0 Å². The van der Waals surface area contributed by atoms with Gasteiger partial charge in [0, 0.05) is 52.4 Å². The van der Waals surface area contributed by atoms with E-state index in [2.05, 4.69) is 64.4 Å². The van der Waals surface area contributed by atoms with E-state index < -0.39 is 0 Å². The number of rotatable bonds is 4. The molecule has 1 aliphatic heterocycles. The minimum absolute atomic E-state index is 0.00160. The molecular weight excluding hydrogens is 384 g/mol. The molecular formula is C26H32N4O. The van der Waals surface area contributed by atoms with Gasteiger partial charge in [0.25, 0.3) is 0 Å². The monoisotopic (exact) mass is 416 g/mol. The first-order chi connectivity index (χ1) is 14.8. The Bertz CT molecular complexity index is 1000. The lowest BCUT2D eigenvalue weighted by Gasteiger charge is -2.29. The molecule has 1 aliphatic carbocycles. The van der Waals surface area contributed by atoms with Gasteiger partial charge in [-0.2, -0.15) is 5.10 Å². The number of nitrogens with zero attached hydrogens (tertiary/aromatic N) is 4. The molecule has 0 spiro atoms. The molecule has 1 fully saturated rings. The number of hydrogen-bond acceptors (Lipinski definition) is 4. The van der Waals surface area contributed by atoms with Gasteiger partial charge in [0.1, 0.15) is 0 Å². The molecule has 2 atom stereocenters. The van der Waals surface area contributed by atoms with E-state index in [1.807, 2.05) is 28.2 Å². The highest BCUT2D eigenvalue weighted by Crippen LogP contribution is 2.44. The fourth-order valence-corrected chi connectivity index (χ4v) is 4.64. The summed E-state index contributed by atoms with van der Waals surface area (Å²) in [5.74, 6) is 0.244. The fourth-order valence-electron chi connectivity index (χ4n) is 4.64. The molecule has 0 saturated heterocycles. The SMILES string of the molecule is CC(=O)N1N=C2/C(=C/c3ccc(N(C)C)cc3)CCC[C@@H]2[C@H]1c1ccc(N(C)C)cc1. The molecule has 0 N–H and O–H groups in total. The van der Waals surface area contributed by atoms with Crippen LogP contribution in [0.25, 0.3) is 6.08 Å². The number of allylic oxidation sites excluding steroid dienone is 1. The lowest BCUT2D eigenvalue weighted by molar-refractivity contribution is -0.131. The van der Waals surface area contributed by atoms with Gasteiger partial charge in [0.05, 0.1) is 11.8 Å². The summed E-state index contributed by atoms with van der Waals surface area (Å²) >= 11 is 0. The van der Waals surface area contributed by atoms with Crippen LogP contribution in [0.5, 0.6) is 0 Å². The maximum atomic E-state index is 12.5. The molecule has 5 heteroatoms. The van der Waals surface area contributed by atoms with Crippen LogP contribution in [0.2, 0.25) is 0 Å². The Hall–Kier alpha value is -3.08. The Morgan fingerprint density at radius 1 is 0.968 bits per heavy atom. The highest BCUT2D eigenvalue weighted by molar-refractivity contribution is 6.08. The van der Waals surface area contributed by atoms with E-state index in [-0.39, 0.29) is 17.9 Å². The van der Waals surface area contributed by atoms with E-state index in [9.17, 15) is 4.79 Å². The molecule has 2 aromatic rings. The summed E-state index contributed by atoms with van der Waals surface area (Å²) in [6, 6.07) is 17.1. The van der Waals surface area contributed by atoms with Crippen molar-refractivity contribution < 1.29 is 4.79 Å². The number of amides is 1. The summed E-state index contributed by atoms with van der Waals surface area (Å²) < 4.78 is 0. The van der Waals surface area contributed by atoms with Gasteiger partial charge >= 0.3 is 0 Å². The highest BCUT2D eigenvalue weighted by Gasteiger charge is 2.42. The Morgan fingerprint density at radius 2 is 1.55 bits per heavy atom. The van der Waals surface area contributed by atoms with E-state index in [0.29, 0.717) is 0 Å². The minimum Gasteiger partial charge on any atom is -0.378 e. The molecule has 1 heterocycles. The number of carbonyl (C=O) groups excluding carboxylic acids is 1. The Balaban J connectivity index is 1.66. The first-order valence-corrected chi connectivity index (χ1v) is 11.0. The summed E-state index contributed by atoms with van der Waals surface area (Å²) in [5, 5.41) is 6.57. The van der Waals surface area contributed by atoms with Crippen molar-refractivity contribution in [1.29, 1.82) is 0 Å². The topological polar surface area (TPSA) is 39.2 Å². The van der Waals surface area contributed by atoms with E-state index in [0.717, 1.165) is 36.2 Å². The molecule has 2 aromatic carbocycles. The van der Waals surface area contributed by atoms with Gasteiger partial charge in [-0.05, 0) is 66.3 Å². The second kappa shape index (κ2) is 8.58. The van der Waals surface area contributed by atoms with Crippen LogP contribution in [0.15, 0.2) is 59.2 Å².